The van der Waals surface area contributed by atoms with Gasteiger partial charge in [-0.1, -0.05) is 19.9 Å². The molecule has 0 aliphatic rings. The second-order valence-electron chi connectivity index (χ2n) is 9.05. The summed E-state index contributed by atoms with van der Waals surface area (Å²) in [6.07, 6.45) is 0. The van der Waals surface area contributed by atoms with Crippen LogP contribution in [0, 0.1) is 11.6 Å². The van der Waals surface area contributed by atoms with Crippen molar-refractivity contribution < 1.29 is 38.4 Å². The average molecular weight is 497 g/mol. The summed E-state index contributed by atoms with van der Waals surface area (Å²) in [5.74, 6) is -3.48. The molecule has 0 aliphatic heterocycles. The van der Waals surface area contributed by atoms with Crippen LogP contribution in [0.1, 0.15) is 29.9 Å². The van der Waals surface area contributed by atoms with Crippen LogP contribution in [-0.4, -0.2) is 46.7 Å². The molecule has 0 unspecified atom stereocenters. The lowest BCUT2D eigenvalue weighted by atomic mass is 9.84. The lowest BCUT2D eigenvalue weighted by Gasteiger charge is -2.28. The minimum atomic E-state index is -1.31. The second kappa shape index (κ2) is 9.16. The zero-order chi connectivity index (χ0) is 26.4. The number of ether oxygens (including phenoxy) is 2. The maximum absolute atomic E-state index is 14.8. The molecule has 0 radical (unpaired) electrons. The summed E-state index contributed by atoms with van der Waals surface area (Å²) in [5.41, 5.74) is 0.793. The van der Waals surface area contributed by atoms with Gasteiger partial charge in [0.2, 0.25) is 0 Å². The summed E-state index contributed by atoms with van der Waals surface area (Å²) in [6, 6.07) is 10.5. The van der Waals surface area contributed by atoms with Gasteiger partial charge in [-0.05, 0) is 35.9 Å². The fourth-order valence-corrected chi connectivity index (χ4v) is 4.64. The number of nitrogens with zero attached hydrogens (tertiary/aromatic N) is 1. The summed E-state index contributed by atoms with van der Waals surface area (Å²) < 4.78 is 41.5. The Kier molecular flexibility index (Phi) is 6.36. The van der Waals surface area contributed by atoms with Crippen LogP contribution in [0.3, 0.4) is 0 Å². The molecule has 0 aliphatic carbocycles. The maximum Gasteiger partial charge on any atom is 0.339 e. The van der Waals surface area contributed by atoms with Gasteiger partial charge in [-0.2, -0.15) is 0 Å². The number of hydrogen-bond donors (Lipinski definition) is 3. The third-order valence-corrected chi connectivity index (χ3v) is 6.07. The molecule has 0 fully saturated rings. The molecule has 9 heteroatoms. The molecule has 188 valence electrons. The van der Waals surface area contributed by atoms with E-state index in [4.69, 9.17) is 9.47 Å². The largest absolute Gasteiger partial charge is 0.507 e. The number of aromatic hydroxyl groups is 2. The monoisotopic (exact) mass is 497 g/mol. The molecule has 1 heterocycles. The van der Waals surface area contributed by atoms with Crippen LogP contribution in [0.25, 0.3) is 27.7 Å². The van der Waals surface area contributed by atoms with Crippen LogP contribution in [-0.2, 0) is 10.2 Å². The predicted octanol–water partition coefficient (Wildman–Crippen LogP) is 5.62. The van der Waals surface area contributed by atoms with E-state index in [0.29, 0.717) is 22.5 Å². The molecule has 1 aromatic heterocycles. The molecule has 0 atom stereocenters. The molecule has 4 rings (SSSR count). The van der Waals surface area contributed by atoms with Gasteiger partial charge in [-0.25, -0.2) is 13.6 Å². The Labute approximate surface area is 205 Å². The third-order valence-electron chi connectivity index (χ3n) is 6.07. The fourth-order valence-electron chi connectivity index (χ4n) is 4.64. The molecule has 0 amide bonds. The molecule has 3 aromatic carbocycles. The van der Waals surface area contributed by atoms with Gasteiger partial charge in [0, 0.05) is 41.6 Å². The van der Waals surface area contributed by atoms with Crippen molar-refractivity contribution in [1.29, 1.82) is 0 Å². The van der Waals surface area contributed by atoms with E-state index in [1.54, 1.807) is 10.6 Å². The standard InChI is InChI=1S/C27H25F2NO6/c1-27(2,13-35-3)25-23(14-5-7-17(26(33)34)20(31)9-14)24-19(10-15(28)11-21(24)32)30(25)16-6-8-22(36-4)18(29)12-16/h5-12,31-32H,13H2,1-4H3,(H,33,34). The number of hydrogen-bond acceptors (Lipinski definition) is 5. The first kappa shape index (κ1) is 25.0. The summed E-state index contributed by atoms with van der Waals surface area (Å²) in [7, 11) is 2.86. The topological polar surface area (TPSA) is 101 Å². The van der Waals surface area contributed by atoms with Gasteiger partial charge in [0.05, 0.1) is 24.6 Å². The van der Waals surface area contributed by atoms with Crippen molar-refractivity contribution >= 4 is 16.9 Å². The summed E-state index contributed by atoms with van der Waals surface area (Å²) >= 11 is 0. The smallest absolute Gasteiger partial charge is 0.339 e. The van der Waals surface area contributed by atoms with Gasteiger partial charge in [0.1, 0.15) is 22.9 Å². The molecule has 0 saturated heterocycles. The van der Waals surface area contributed by atoms with Crippen LogP contribution in [0.15, 0.2) is 48.5 Å². The number of phenolic OH excluding ortho intramolecular Hbond substituents is 1. The van der Waals surface area contributed by atoms with Crippen LogP contribution in [0.2, 0.25) is 0 Å². The number of aromatic carboxylic acids is 1. The number of halogens is 2. The molecule has 0 bridgehead atoms. The lowest BCUT2D eigenvalue weighted by molar-refractivity contribution is 0.0693. The number of methoxy groups -OCH3 is 2. The van der Waals surface area contributed by atoms with Crippen molar-refractivity contribution in [2.24, 2.45) is 0 Å². The summed E-state index contributed by atoms with van der Waals surface area (Å²) in [6.45, 7) is 3.92. The lowest BCUT2D eigenvalue weighted by Crippen LogP contribution is -2.27. The average Bonchev–Trinajstić information content (AvgIpc) is 3.15. The zero-order valence-corrected chi connectivity index (χ0v) is 20.1. The molecule has 36 heavy (non-hydrogen) atoms. The number of carboxylic acid groups (broad SMARTS) is 1. The van der Waals surface area contributed by atoms with Gasteiger partial charge in [0.25, 0.3) is 0 Å². The van der Waals surface area contributed by atoms with Crippen molar-refractivity contribution in [3.05, 3.63) is 71.4 Å². The number of rotatable bonds is 7. The Morgan fingerprint density at radius 2 is 1.72 bits per heavy atom. The predicted molar refractivity (Wildman–Crippen MR) is 130 cm³/mol. The van der Waals surface area contributed by atoms with Crippen LogP contribution in [0.5, 0.6) is 17.2 Å². The van der Waals surface area contributed by atoms with Crippen LogP contribution in [0.4, 0.5) is 8.78 Å². The first-order valence-electron chi connectivity index (χ1n) is 11.0. The Morgan fingerprint density at radius 1 is 1.00 bits per heavy atom. The fraction of sp³-hybridized carbons (Fsp3) is 0.222. The van der Waals surface area contributed by atoms with E-state index in [2.05, 4.69) is 0 Å². The van der Waals surface area contributed by atoms with E-state index < -0.39 is 28.8 Å². The van der Waals surface area contributed by atoms with Crippen molar-refractivity contribution in [2.45, 2.75) is 19.3 Å². The highest BCUT2D eigenvalue weighted by Crippen LogP contribution is 2.47. The maximum atomic E-state index is 14.8. The van der Waals surface area contributed by atoms with Crippen molar-refractivity contribution in [2.75, 3.05) is 20.8 Å². The SMILES string of the molecule is COCC(C)(C)c1c(-c2ccc(C(=O)O)c(O)c2)c2c(O)cc(F)cc2n1-c1ccc(OC)c(F)c1. The van der Waals surface area contributed by atoms with E-state index in [9.17, 15) is 28.9 Å². The first-order valence-corrected chi connectivity index (χ1v) is 11.0. The van der Waals surface area contributed by atoms with Crippen LogP contribution < -0.4 is 4.74 Å². The third kappa shape index (κ3) is 4.11. The Bertz CT molecular complexity index is 1490. The Balaban J connectivity index is 2.20. The quantitative estimate of drug-likeness (QED) is 0.307. The highest BCUT2D eigenvalue weighted by Gasteiger charge is 2.34. The molecule has 0 saturated carbocycles. The van der Waals surface area contributed by atoms with E-state index in [-0.39, 0.29) is 34.6 Å². The van der Waals surface area contributed by atoms with E-state index in [1.165, 1.54) is 50.6 Å². The zero-order valence-electron chi connectivity index (χ0n) is 20.1. The number of fused-ring (bicyclic) bond motifs is 1. The van der Waals surface area contributed by atoms with E-state index in [1.807, 2.05) is 13.8 Å². The van der Waals surface area contributed by atoms with E-state index >= 15 is 0 Å². The minimum Gasteiger partial charge on any atom is -0.507 e. The van der Waals surface area contributed by atoms with Gasteiger partial charge in [-0.15, -0.1) is 0 Å². The number of aromatic nitrogens is 1. The van der Waals surface area contributed by atoms with Gasteiger partial charge >= 0.3 is 5.97 Å². The summed E-state index contributed by atoms with van der Waals surface area (Å²) in [5, 5.41) is 30.9. The molecular weight excluding hydrogens is 472 g/mol. The van der Waals surface area contributed by atoms with Crippen molar-refractivity contribution in [3.8, 4) is 34.1 Å². The number of phenols is 2. The van der Waals surface area contributed by atoms with Crippen molar-refractivity contribution in [1.82, 2.24) is 4.57 Å². The minimum absolute atomic E-state index is 0.0244. The van der Waals surface area contributed by atoms with Gasteiger partial charge < -0.3 is 29.4 Å². The highest BCUT2D eigenvalue weighted by atomic mass is 19.1. The molecule has 0 spiro atoms. The van der Waals surface area contributed by atoms with Gasteiger partial charge in [-0.3, -0.25) is 0 Å². The number of carbonyl (C=O) groups is 1. The van der Waals surface area contributed by atoms with E-state index in [0.717, 1.165) is 6.07 Å². The molecule has 4 aromatic rings. The normalized spacial score (nSPS) is 11.7. The Hall–Kier alpha value is -4.11. The highest BCUT2D eigenvalue weighted by molar-refractivity contribution is 6.04. The first-order chi connectivity index (χ1) is 17.0. The number of benzene rings is 3. The Morgan fingerprint density at radius 3 is 2.31 bits per heavy atom. The molecule has 3 N–H and O–H groups in total. The van der Waals surface area contributed by atoms with Crippen molar-refractivity contribution in [3.63, 3.8) is 0 Å². The molecular formula is C27H25F2NO6. The second-order valence-corrected chi connectivity index (χ2v) is 9.05. The number of carboxylic acids is 1. The van der Waals surface area contributed by atoms with Crippen LogP contribution >= 0.6 is 0 Å². The molecule has 7 nitrogen and oxygen atoms in total. The summed E-state index contributed by atoms with van der Waals surface area (Å²) in [4.78, 5) is 11.5. The van der Waals surface area contributed by atoms with Gasteiger partial charge in [0.15, 0.2) is 11.6 Å².